The van der Waals surface area contributed by atoms with Gasteiger partial charge in [0.05, 0.1) is 5.69 Å². The molecule has 1 aliphatic heterocycles. The van der Waals surface area contributed by atoms with E-state index in [4.69, 9.17) is 5.10 Å². The molecule has 6 nitrogen and oxygen atoms in total. The van der Waals surface area contributed by atoms with Crippen molar-refractivity contribution in [1.82, 2.24) is 19.7 Å². The summed E-state index contributed by atoms with van der Waals surface area (Å²) in [7, 11) is 5.94. The SMILES string of the molecule is CN(C)c1ccc(C(=O)N2CCC(c3nn(C)c4ncccc34)CC2)cc1. The molecule has 0 atom stereocenters. The van der Waals surface area contributed by atoms with Gasteiger partial charge in [-0.05, 0) is 49.2 Å². The lowest BCUT2D eigenvalue weighted by Gasteiger charge is -2.31. The summed E-state index contributed by atoms with van der Waals surface area (Å²) in [4.78, 5) is 21.3. The zero-order valence-electron chi connectivity index (χ0n) is 16.1. The number of likely N-dealkylation sites (tertiary alicyclic amines) is 1. The van der Waals surface area contributed by atoms with Gasteiger partial charge in [0.2, 0.25) is 0 Å². The topological polar surface area (TPSA) is 54.3 Å². The van der Waals surface area contributed by atoms with Gasteiger partial charge in [0.25, 0.3) is 5.91 Å². The smallest absolute Gasteiger partial charge is 0.253 e. The fourth-order valence-electron chi connectivity index (χ4n) is 3.86. The quantitative estimate of drug-likeness (QED) is 0.718. The number of hydrogen-bond acceptors (Lipinski definition) is 4. The van der Waals surface area contributed by atoms with Crippen LogP contribution in [0.4, 0.5) is 5.69 Å². The first-order valence-electron chi connectivity index (χ1n) is 9.39. The minimum Gasteiger partial charge on any atom is -0.378 e. The molecular weight excluding hydrogens is 338 g/mol. The maximum atomic E-state index is 12.8. The molecule has 2 aromatic heterocycles. The average molecular weight is 363 g/mol. The van der Waals surface area contributed by atoms with Crippen LogP contribution in [0.15, 0.2) is 42.6 Å². The molecule has 3 heterocycles. The number of rotatable bonds is 3. The number of piperidine rings is 1. The molecule has 6 heteroatoms. The van der Waals surface area contributed by atoms with Gasteiger partial charge in [-0.15, -0.1) is 0 Å². The third-order valence-corrected chi connectivity index (χ3v) is 5.43. The van der Waals surface area contributed by atoms with Crippen LogP contribution in [0.1, 0.15) is 34.8 Å². The molecule has 0 saturated carbocycles. The molecule has 4 rings (SSSR count). The Bertz CT molecular complexity index is 952. The van der Waals surface area contributed by atoms with E-state index in [2.05, 4.69) is 11.1 Å². The molecule has 1 saturated heterocycles. The largest absolute Gasteiger partial charge is 0.378 e. The third kappa shape index (κ3) is 3.27. The Morgan fingerprint density at radius 1 is 1.11 bits per heavy atom. The molecular formula is C21H25N5O. The van der Waals surface area contributed by atoms with Gasteiger partial charge in [-0.2, -0.15) is 5.10 Å². The highest BCUT2D eigenvalue weighted by Crippen LogP contribution is 2.32. The molecule has 0 radical (unpaired) electrons. The van der Waals surface area contributed by atoms with Crippen LogP contribution in [-0.4, -0.2) is 52.8 Å². The summed E-state index contributed by atoms with van der Waals surface area (Å²) in [5, 5.41) is 5.84. The summed E-state index contributed by atoms with van der Waals surface area (Å²) in [5.41, 5.74) is 3.89. The standard InChI is InChI=1S/C21H25N5O/c1-24(2)17-8-6-16(7-9-17)21(27)26-13-10-15(11-14-26)19-18-5-4-12-22-20(18)25(3)23-19/h4-9,12,15H,10-11,13-14H2,1-3H3. The number of carbonyl (C=O) groups is 1. The van der Waals surface area contributed by atoms with Crippen molar-refractivity contribution in [2.24, 2.45) is 7.05 Å². The number of aryl methyl sites for hydroxylation is 1. The number of aromatic nitrogens is 3. The Morgan fingerprint density at radius 3 is 2.48 bits per heavy atom. The zero-order valence-corrected chi connectivity index (χ0v) is 16.1. The minimum atomic E-state index is 0.117. The molecule has 27 heavy (non-hydrogen) atoms. The highest BCUT2D eigenvalue weighted by molar-refractivity contribution is 5.94. The van der Waals surface area contributed by atoms with Crippen molar-refractivity contribution >= 4 is 22.6 Å². The lowest BCUT2D eigenvalue weighted by Crippen LogP contribution is -2.38. The van der Waals surface area contributed by atoms with Gasteiger partial charge >= 0.3 is 0 Å². The van der Waals surface area contributed by atoms with E-state index in [9.17, 15) is 4.79 Å². The van der Waals surface area contributed by atoms with Crippen molar-refractivity contribution in [3.8, 4) is 0 Å². The predicted molar refractivity (Wildman–Crippen MR) is 107 cm³/mol. The number of amides is 1. The molecule has 0 spiro atoms. The van der Waals surface area contributed by atoms with Crippen LogP contribution >= 0.6 is 0 Å². The first-order chi connectivity index (χ1) is 13.0. The van der Waals surface area contributed by atoms with Crippen molar-refractivity contribution in [2.75, 3.05) is 32.1 Å². The van der Waals surface area contributed by atoms with E-state index in [1.54, 1.807) is 6.20 Å². The maximum absolute atomic E-state index is 12.8. The van der Waals surface area contributed by atoms with Crippen LogP contribution in [-0.2, 0) is 7.05 Å². The Morgan fingerprint density at radius 2 is 1.81 bits per heavy atom. The molecule has 1 amide bonds. The van der Waals surface area contributed by atoms with Crippen LogP contribution in [0.25, 0.3) is 11.0 Å². The lowest BCUT2D eigenvalue weighted by molar-refractivity contribution is 0.0712. The molecule has 1 fully saturated rings. The molecule has 3 aromatic rings. The van der Waals surface area contributed by atoms with E-state index in [1.165, 1.54) is 0 Å². The monoisotopic (exact) mass is 363 g/mol. The molecule has 1 aliphatic rings. The van der Waals surface area contributed by atoms with E-state index in [1.807, 2.05) is 66.0 Å². The molecule has 0 unspecified atom stereocenters. The third-order valence-electron chi connectivity index (χ3n) is 5.43. The molecule has 0 aliphatic carbocycles. The summed E-state index contributed by atoms with van der Waals surface area (Å²) in [5.74, 6) is 0.490. The van der Waals surface area contributed by atoms with Crippen LogP contribution in [0, 0.1) is 0 Å². The second-order valence-electron chi connectivity index (χ2n) is 7.39. The second kappa shape index (κ2) is 7.02. The van der Waals surface area contributed by atoms with Crippen LogP contribution in [0.2, 0.25) is 0 Å². The number of benzene rings is 1. The predicted octanol–water partition coefficient (Wildman–Crippen LogP) is 3.05. The number of carbonyl (C=O) groups excluding carboxylic acids is 1. The highest BCUT2D eigenvalue weighted by Gasteiger charge is 2.27. The van der Waals surface area contributed by atoms with Gasteiger partial charge in [-0.25, -0.2) is 4.98 Å². The first kappa shape index (κ1) is 17.5. The highest BCUT2D eigenvalue weighted by atomic mass is 16.2. The molecule has 0 N–H and O–H groups in total. The summed E-state index contributed by atoms with van der Waals surface area (Å²) in [6.45, 7) is 1.52. The summed E-state index contributed by atoms with van der Waals surface area (Å²) in [6, 6.07) is 11.9. The van der Waals surface area contributed by atoms with Crippen molar-refractivity contribution in [2.45, 2.75) is 18.8 Å². The Balaban J connectivity index is 1.46. The molecule has 140 valence electrons. The van der Waals surface area contributed by atoms with Crippen LogP contribution in [0.3, 0.4) is 0 Å². The number of pyridine rings is 1. The molecule has 0 bridgehead atoms. The van der Waals surface area contributed by atoms with Crippen LogP contribution < -0.4 is 4.90 Å². The van der Waals surface area contributed by atoms with E-state index in [0.29, 0.717) is 5.92 Å². The van der Waals surface area contributed by atoms with Gasteiger partial charge < -0.3 is 9.80 Å². The normalized spacial score (nSPS) is 15.3. The van der Waals surface area contributed by atoms with Gasteiger partial charge in [0.1, 0.15) is 0 Å². The summed E-state index contributed by atoms with van der Waals surface area (Å²) < 4.78 is 1.86. The minimum absolute atomic E-state index is 0.117. The van der Waals surface area contributed by atoms with Crippen molar-refractivity contribution in [3.63, 3.8) is 0 Å². The van der Waals surface area contributed by atoms with Gasteiger partial charge in [-0.1, -0.05) is 0 Å². The fourth-order valence-corrected chi connectivity index (χ4v) is 3.86. The maximum Gasteiger partial charge on any atom is 0.253 e. The lowest BCUT2D eigenvalue weighted by atomic mass is 9.91. The van der Waals surface area contributed by atoms with Crippen molar-refractivity contribution in [1.29, 1.82) is 0 Å². The number of anilines is 1. The Kier molecular flexibility index (Phi) is 4.56. The number of nitrogens with zero attached hydrogens (tertiary/aromatic N) is 5. The summed E-state index contributed by atoms with van der Waals surface area (Å²) >= 11 is 0. The summed E-state index contributed by atoms with van der Waals surface area (Å²) in [6.07, 6.45) is 3.67. The van der Waals surface area contributed by atoms with E-state index < -0.39 is 0 Å². The van der Waals surface area contributed by atoms with E-state index in [-0.39, 0.29) is 5.91 Å². The van der Waals surface area contributed by atoms with Crippen molar-refractivity contribution < 1.29 is 4.79 Å². The Labute approximate surface area is 159 Å². The Hall–Kier alpha value is -2.89. The van der Waals surface area contributed by atoms with E-state index >= 15 is 0 Å². The van der Waals surface area contributed by atoms with Gasteiger partial charge in [0.15, 0.2) is 5.65 Å². The number of hydrogen-bond donors (Lipinski definition) is 0. The van der Waals surface area contributed by atoms with E-state index in [0.717, 1.165) is 53.9 Å². The van der Waals surface area contributed by atoms with Crippen molar-refractivity contribution in [3.05, 3.63) is 53.9 Å². The van der Waals surface area contributed by atoms with Crippen LogP contribution in [0.5, 0.6) is 0 Å². The zero-order chi connectivity index (χ0) is 19.0. The second-order valence-corrected chi connectivity index (χ2v) is 7.39. The fraction of sp³-hybridized carbons (Fsp3) is 0.381. The molecule has 1 aromatic carbocycles. The van der Waals surface area contributed by atoms with Gasteiger partial charge in [0, 0.05) is 63.0 Å². The first-order valence-corrected chi connectivity index (χ1v) is 9.39. The van der Waals surface area contributed by atoms with Gasteiger partial charge in [-0.3, -0.25) is 9.48 Å². The average Bonchev–Trinajstić information content (AvgIpc) is 3.05. The number of fused-ring (bicyclic) bond motifs is 1.